The van der Waals surface area contributed by atoms with E-state index in [1.165, 1.54) is 23.5 Å². The van der Waals surface area contributed by atoms with Gasteiger partial charge in [0.25, 0.3) is 0 Å². The fraction of sp³-hybridized carbons (Fsp3) is 0.231. The molecule has 1 aromatic heterocycles. The molecule has 19 heavy (non-hydrogen) atoms. The van der Waals surface area contributed by atoms with Gasteiger partial charge in [0.1, 0.15) is 16.7 Å². The second kappa shape index (κ2) is 4.58. The van der Waals surface area contributed by atoms with Gasteiger partial charge in [0, 0.05) is 10.4 Å². The van der Waals surface area contributed by atoms with Gasteiger partial charge < -0.3 is 5.11 Å². The highest BCUT2D eigenvalue weighted by Crippen LogP contribution is 2.41. The molecular formula is C13H9ClFNO2S. The van der Waals surface area contributed by atoms with Crippen molar-refractivity contribution in [3.63, 3.8) is 0 Å². The lowest BCUT2D eigenvalue weighted by molar-refractivity contribution is -0.138. The maximum Gasteiger partial charge on any atom is 0.312 e. The third kappa shape index (κ3) is 2.13. The number of carboxylic acids is 1. The van der Waals surface area contributed by atoms with E-state index in [0.717, 1.165) is 11.3 Å². The molecule has 0 aliphatic heterocycles. The van der Waals surface area contributed by atoms with E-state index in [0.29, 0.717) is 27.7 Å². The molecule has 1 aromatic carbocycles. The fourth-order valence-electron chi connectivity index (χ4n) is 2.25. The van der Waals surface area contributed by atoms with Crippen molar-refractivity contribution >= 4 is 28.9 Å². The molecule has 3 nitrogen and oxygen atoms in total. The Hall–Kier alpha value is -1.46. The lowest BCUT2D eigenvalue weighted by Crippen LogP contribution is -2.08. The van der Waals surface area contributed by atoms with Gasteiger partial charge in [-0.15, -0.1) is 11.3 Å². The number of carbonyl (C=O) groups is 1. The van der Waals surface area contributed by atoms with Crippen LogP contribution in [0.15, 0.2) is 18.2 Å². The van der Waals surface area contributed by atoms with Gasteiger partial charge in [0.05, 0.1) is 10.7 Å². The molecule has 1 heterocycles. The highest BCUT2D eigenvalue weighted by atomic mass is 35.5. The maximum absolute atomic E-state index is 13.0. The summed E-state index contributed by atoms with van der Waals surface area (Å²) >= 11 is 7.43. The second-order valence-corrected chi connectivity index (χ2v) is 5.87. The number of thiazole rings is 1. The predicted molar refractivity (Wildman–Crippen MR) is 71.2 cm³/mol. The molecule has 2 aromatic rings. The van der Waals surface area contributed by atoms with Crippen LogP contribution in [0.2, 0.25) is 5.02 Å². The molecule has 0 amide bonds. The third-order valence-electron chi connectivity index (χ3n) is 3.18. The number of benzene rings is 1. The highest BCUT2D eigenvalue weighted by molar-refractivity contribution is 7.15. The van der Waals surface area contributed by atoms with Gasteiger partial charge in [0.15, 0.2) is 0 Å². The van der Waals surface area contributed by atoms with Gasteiger partial charge in [-0.05, 0) is 31.0 Å². The molecule has 0 saturated heterocycles. The van der Waals surface area contributed by atoms with Crippen LogP contribution in [0.1, 0.15) is 22.9 Å². The van der Waals surface area contributed by atoms with Crippen LogP contribution in [0.3, 0.4) is 0 Å². The average molecular weight is 298 g/mol. The molecule has 6 heteroatoms. The highest BCUT2D eigenvalue weighted by Gasteiger charge is 2.32. The predicted octanol–water partition coefficient (Wildman–Crippen LogP) is 3.72. The fourth-order valence-corrected chi connectivity index (χ4v) is 3.74. The summed E-state index contributed by atoms with van der Waals surface area (Å²) in [4.78, 5) is 16.5. The van der Waals surface area contributed by atoms with Crippen molar-refractivity contribution < 1.29 is 14.3 Å². The van der Waals surface area contributed by atoms with E-state index in [-0.39, 0.29) is 0 Å². The number of nitrogens with zero attached hydrogens (tertiary/aromatic N) is 1. The van der Waals surface area contributed by atoms with E-state index < -0.39 is 17.7 Å². The van der Waals surface area contributed by atoms with Gasteiger partial charge in [-0.1, -0.05) is 11.6 Å². The summed E-state index contributed by atoms with van der Waals surface area (Å²) in [5.74, 6) is -1.78. The maximum atomic E-state index is 13.0. The Labute approximate surface area is 117 Å². The summed E-state index contributed by atoms with van der Waals surface area (Å²) in [6.07, 6.45) is 1.32. The number of fused-ring (bicyclic) bond motifs is 1. The van der Waals surface area contributed by atoms with Gasteiger partial charge >= 0.3 is 5.97 Å². The number of aryl methyl sites for hydroxylation is 1. The van der Waals surface area contributed by atoms with E-state index in [4.69, 9.17) is 16.7 Å². The van der Waals surface area contributed by atoms with Crippen LogP contribution in [0.4, 0.5) is 4.39 Å². The molecule has 98 valence electrons. The van der Waals surface area contributed by atoms with Gasteiger partial charge in [0.2, 0.25) is 0 Å². The van der Waals surface area contributed by atoms with E-state index in [1.807, 2.05) is 0 Å². The molecule has 0 fully saturated rings. The zero-order valence-electron chi connectivity index (χ0n) is 9.69. The van der Waals surface area contributed by atoms with Crippen molar-refractivity contribution in [2.24, 2.45) is 0 Å². The van der Waals surface area contributed by atoms with E-state index >= 15 is 0 Å². The Bertz CT molecular complexity index is 671. The Morgan fingerprint density at radius 2 is 2.32 bits per heavy atom. The molecule has 0 radical (unpaired) electrons. The van der Waals surface area contributed by atoms with Crippen LogP contribution < -0.4 is 0 Å². The normalized spacial score (nSPS) is 17.5. The quantitative estimate of drug-likeness (QED) is 0.919. The molecule has 1 aliphatic carbocycles. The Balaban J connectivity index is 2.04. The van der Waals surface area contributed by atoms with Crippen molar-refractivity contribution in [1.82, 2.24) is 4.98 Å². The van der Waals surface area contributed by atoms with Crippen LogP contribution in [0, 0.1) is 5.82 Å². The zero-order valence-corrected chi connectivity index (χ0v) is 11.3. The Morgan fingerprint density at radius 3 is 3.00 bits per heavy atom. The first-order chi connectivity index (χ1) is 9.06. The summed E-state index contributed by atoms with van der Waals surface area (Å²) in [5, 5.41) is 10.1. The molecule has 3 rings (SSSR count). The number of aromatic nitrogens is 1. The number of halogens is 2. The molecule has 0 saturated carbocycles. The minimum atomic E-state index is -0.846. The van der Waals surface area contributed by atoms with Crippen molar-refractivity contribution in [1.29, 1.82) is 0 Å². The first kappa shape index (κ1) is 12.6. The topological polar surface area (TPSA) is 50.2 Å². The number of hydrogen-bond donors (Lipinski definition) is 1. The molecule has 1 unspecified atom stereocenters. The van der Waals surface area contributed by atoms with Gasteiger partial charge in [-0.3, -0.25) is 4.79 Å². The zero-order chi connectivity index (χ0) is 13.6. The van der Waals surface area contributed by atoms with Gasteiger partial charge in [-0.25, -0.2) is 9.37 Å². The third-order valence-corrected chi connectivity index (χ3v) is 4.65. The summed E-state index contributed by atoms with van der Waals surface area (Å²) in [7, 11) is 0. The Kier molecular flexibility index (Phi) is 3.03. The summed E-state index contributed by atoms with van der Waals surface area (Å²) in [5.41, 5.74) is 1.28. The molecule has 0 bridgehead atoms. The summed E-state index contributed by atoms with van der Waals surface area (Å²) in [6, 6.07) is 4.13. The van der Waals surface area contributed by atoms with Crippen molar-refractivity contribution in [2.75, 3.05) is 0 Å². The van der Waals surface area contributed by atoms with Crippen molar-refractivity contribution in [3.05, 3.63) is 39.6 Å². The SMILES string of the molecule is O=C(O)C1CCc2sc(-c3ccc(F)cc3Cl)nc21. The smallest absolute Gasteiger partial charge is 0.312 e. The van der Waals surface area contributed by atoms with Gasteiger partial charge in [-0.2, -0.15) is 0 Å². The number of carboxylic acid groups (broad SMARTS) is 1. The van der Waals surface area contributed by atoms with E-state index in [2.05, 4.69) is 4.98 Å². The van der Waals surface area contributed by atoms with Crippen LogP contribution in [0.5, 0.6) is 0 Å². The Morgan fingerprint density at radius 1 is 1.53 bits per heavy atom. The first-order valence-electron chi connectivity index (χ1n) is 5.74. The van der Waals surface area contributed by atoms with Crippen LogP contribution in [0.25, 0.3) is 10.6 Å². The monoisotopic (exact) mass is 297 g/mol. The lowest BCUT2D eigenvalue weighted by Gasteiger charge is -2.03. The largest absolute Gasteiger partial charge is 0.481 e. The molecule has 1 aliphatic rings. The molecule has 1 atom stereocenters. The number of rotatable bonds is 2. The first-order valence-corrected chi connectivity index (χ1v) is 6.93. The standard InChI is InChI=1S/C13H9ClFNO2S/c14-9-5-6(15)1-2-7(9)12-16-11-8(13(17)18)3-4-10(11)19-12/h1-2,5,8H,3-4H2,(H,17,18). The minimum Gasteiger partial charge on any atom is -0.481 e. The van der Waals surface area contributed by atoms with Crippen LogP contribution >= 0.6 is 22.9 Å². The van der Waals surface area contributed by atoms with E-state index in [1.54, 1.807) is 6.07 Å². The van der Waals surface area contributed by atoms with Crippen molar-refractivity contribution in [3.8, 4) is 10.6 Å². The summed E-state index contributed by atoms with van der Waals surface area (Å²) in [6.45, 7) is 0. The lowest BCUT2D eigenvalue weighted by atomic mass is 10.1. The minimum absolute atomic E-state index is 0.291. The van der Waals surface area contributed by atoms with Crippen molar-refractivity contribution in [2.45, 2.75) is 18.8 Å². The molecule has 1 N–H and O–H groups in total. The summed E-state index contributed by atoms with van der Waals surface area (Å²) < 4.78 is 13.0. The molecular weight excluding hydrogens is 289 g/mol. The van der Waals surface area contributed by atoms with Crippen LogP contribution in [-0.4, -0.2) is 16.1 Å². The molecule has 0 spiro atoms. The number of hydrogen-bond acceptors (Lipinski definition) is 3. The van der Waals surface area contributed by atoms with E-state index in [9.17, 15) is 9.18 Å². The second-order valence-electron chi connectivity index (χ2n) is 4.38. The average Bonchev–Trinajstić information content (AvgIpc) is 2.87. The van der Waals surface area contributed by atoms with Crippen LogP contribution in [-0.2, 0) is 11.2 Å². The number of aliphatic carboxylic acids is 1.